The van der Waals surface area contributed by atoms with Crippen molar-refractivity contribution in [3.05, 3.63) is 113 Å². The zero-order valence-electron chi connectivity index (χ0n) is 21.8. The number of rotatable bonds is 6. The molecule has 8 nitrogen and oxygen atoms in total. The van der Waals surface area contributed by atoms with Crippen LogP contribution in [0.5, 0.6) is 5.75 Å². The van der Waals surface area contributed by atoms with Gasteiger partial charge in [-0.05, 0) is 36.5 Å². The van der Waals surface area contributed by atoms with Gasteiger partial charge in [-0.1, -0.05) is 78.9 Å². The molecule has 1 aromatic heterocycles. The van der Waals surface area contributed by atoms with Gasteiger partial charge in [-0.25, -0.2) is 9.78 Å². The van der Waals surface area contributed by atoms with Gasteiger partial charge in [0.25, 0.3) is 5.91 Å². The molecule has 1 saturated heterocycles. The molecule has 0 radical (unpaired) electrons. The first-order valence-corrected chi connectivity index (χ1v) is 13.4. The van der Waals surface area contributed by atoms with Gasteiger partial charge < -0.3 is 19.6 Å². The second-order valence-corrected chi connectivity index (χ2v) is 10.0. The lowest BCUT2D eigenvalue weighted by atomic mass is 9.94. The zero-order chi connectivity index (χ0) is 27.5. The summed E-state index contributed by atoms with van der Waals surface area (Å²) in [6.07, 6.45) is 7.08. The van der Waals surface area contributed by atoms with Crippen molar-refractivity contribution in [1.82, 2.24) is 15.2 Å². The van der Waals surface area contributed by atoms with E-state index in [0.29, 0.717) is 23.6 Å². The number of phenolic OH excluding ortho intramolecular Hbond substituents is 1. The first-order chi connectivity index (χ1) is 19.6. The topological polar surface area (TPSA) is 105 Å². The summed E-state index contributed by atoms with van der Waals surface area (Å²) in [5.41, 5.74) is 3.65. The molecule has 1 aliphatic heterocycles. The first-order valence-electron chi connectivity index (χ1n) is 13.4. The number of phenols is 1. The third-order valence-electron chi connectivity index (χ3n) is 7.36. The quantitative estimate of drug-likeness (QED) is 0.319. The van der Waals surface area contributed by atoms with Gasteiger partial charge in [-0.15, -0.1) is 0 Å². The summed E-state index contributed by atoms with van der Waals surface area (Å²) in [5.74, 6) is 0.529. The van der Waals surface area contributed by atoms with Crippen LogP contribution in [0, 0.1) is 0 Å². The van der Waals surface area contributed by atoms with Crippen LogP contribution < -0.4 is 5.32 Å². The molecule has 0 spiro atoms. The van der Waals surface area contributed by atoms with Crippen molar-refractivity contribution in [3.8, 4) is 17.1 Å². The Morgan fingerprint density at radius 3 is 2.62 bits per heavy atom. The number of oxazole rings is 1. The lowest BCUT2D eigenvalue weighted by Gasteiger charge is -2.21. The molecule has 202 valence electrons. The van der Waals surface area contributed by atoms with Gasteiger partial charge in [0.15, 0.2) is 5.76 Å². The van der Waals surface area contributed by atoms with E-state index in [-0.39, 0.29) is 24.5 Å². The van der Waals surface area contributed by atoms with Crippen molar-refractivity contribution in [3.63, 3.8) is 0 Å². The van der Waals surface area contributed by atoms with Gasteiger partial charge in [0.05, 0.1) is 11.8 Å². The molecular weight excluding hydrogens is 506 g/mol. The first kappa shape index (κ1) is 25.4. The lowest BCUT2D eigenvalue weighted by Crippen LogP contribution is -2.39. The molecule has 2 N–H and O–H groups in total. The number of nitrogens with one attached hydrogen (secondary N) is 1. The predicted molar refractivity (Wildman–Crippen MR) is 149 cm³/mol. The molecule has 2 aliphatic rings. The van der Waals surface area contributed by atoms with Gasteiger partial charge >= 0.3 is 6.09 Å². The van der Waals surface area contributed by atoms with E-state index in [1.807, 2.05) is 78.9 Å². The molecule has 6 rings (SSSR count). The SMILES string of the molecule is O=C(NC1CC(c2ncc(-c3ccccc3)o2)N(C(=O)OCc2ccccc2)C1)c1ccc2c(c1O)C=CCC2. The van der Waals surface area contributed by atoms with E-state index in [9.17, 15) is 14.7 Å². The number of nitrogens with zero attached hydrogens (tertiary/aromatic N) is 2. The summed E-state index contributed by atoms with van der Waals surface area (Å²) in [5, 5.41) is 13.8. The molecule has 4 aromatic rings. The van der Waals surface area contributed by atoms with Gasteiger partial charge in [-0.3, -0.25) is 9.69 Å². The van der Waals surface area contributed by atoms with Crippen LogP contribution in [0.2, 0.25) is 0 Å². The number of carbonyl (C=O) groups excluding carboxylic acids is 2. The Bertz CT molecular complexity index is 1550. The molecule has 2 amide bonds. The minimum absolute atomic E-state index is 0.0279. The maximum atomic E-state index is 13.3. The smallest absolute Gasteiger partial charge is 0.410 e. The van der Waals surface area contributed by atoms with Crippen LogP contribution in [-0.2, 0) is 17.8 Å². The van der Waals surface area contributed by atoms with Gasteiger partial charge in [-0.2, -0.15) is 0 Å². The van der Waals surface area contributed by atoms with E-state index in [1.165, 1.54) is 0 Å². The number of aryl methyl sites for hydroxylation is 1. The highest BCUT2D eigenvalue weighted by molar-refractivity contribution is 5.98. The fourth-order valence-electron chi connectivity index (χ4n) is 5.30. The Morgan fingerprint density at radius 2 is 1.82 bits per heavy atom. The second kappa shape index (κ2) is 11.1. The van der Waals surface area contributed by atoms with Crippen molar-refractivity contribution in [2.45, 2.75) is 38.0 Å². The molecule has 0 bridgehead atoms. The molecule has 1 aliphatic carbocycles. The number of likely N-dealkylation sites (tertiary alicyclic amines) is 1. The highest BCUT2D eigenvalue weighted by atomic mass is 16.6. The van der Waals surface area contributed by atoms with Crippen molar-refractivity contribution < 1.29 is 23.8 Å². The molecule has 1 fully saturated rings. The number of ether oxygens (including phenoxy) is 1. The monoisotopic (exact) mass is 535 g/mol. The third-order valence-corrected chi connectivity index (χ3v) is 7.36. The summed E-state index contributed by atoms with van der Waals surface area (Å²) in [7, 11) is 0. The summed E-state index contributed by atoms with van der Waals surface area (Å²) >= 11 is 0. The molecule has 2 heterocycles. The number of aromatic nitrogens is 1. The van der Waals surface area contributed by atoms with E-state index in [1.54, 1.807) is 17.2 Å². The molecule has 40 heavy (non-hydrogen) atoms. The molecule has 2 unspecified atom stereocenters. The average molecular weight is 536 g/mol. The average Bonchev–Trinajstić information content (AvgIpc) is 3.65. The Labute approximate surface area is 231 Å². The number of carbonyl (C=O) groups is 2. The lowest BCUT2D eigenvalue weighted by molar-refractivity contribution is 0.0859. The maximum absolute atomic E-state index is 13.3. The Morgan fingerprint density at radius 1 is 1.05 bits per heavy atom. The van der Waals surface area contributed by atoms with E-state index in [4.69, 9.17) is 9.15 Å². The van der Waals surface area contributed by atoms with Gasteiger partial charge in [0.2, 0.25) is 5.89 Å². The number of aromatic hydroxyl groups is 1. The van der Waals surface area contributed by atoms with Crippen molar-refractivity contribution in [2.24, 2.45) is 0 Å². The minimum atomic E-state index is -0.536. The van der Waals surface area contributed by atoms with Crippen LogP contribution in [0.15, 0.2) is 89.5 Å². The van der Waals surface area contributed by atoms with Crippen molar-refractivity contribution in [1.29, 1.82) is 0 Å². The fraction of sp³-hybridized carbons (Fsp3) is 0.219. The van der Waals surface area contributed by atoms with Crippen LogP contribution in [-0.4, -0.2) is 39.6 Å². The summed E-state index contributed by atoms with van der Waals surface area (Å²) in [4.78, 5) is 32.6. The molecule has 0 saturated carbocycles. The second-order valence-electron chi connectivity index (χ2n) is 10.0. The van der Waals surface area contributed by atoms with Crippen LogP contribution in [0.3, 0.4) is 0 Å². The van der Waals surface area contributed by atoms with E-state index < -0.39 is 24.1 Å². The normalized spacial score (nSPS) is 17.9. The highest BCUT2D eigenvalue weighted by Crippen LogP contribution is 2.35. The third kappa shape index (κ3) is 5.20. The highest BCUT2D eigenvalue weighted by Gasteiger charge is 2.41. The zero-order valence-corrected chi connectivity index (χ0v) is 21.8. The van der Waals surface area contributed by atoms with Crippen molar-refractivity contribution in [2.75, 3.05) is 6.54 Å². The summed E-state index contributed by atoms with van der Waals surface area (Å²) < 4.78 is 11.7. The Kier molecular flexibility index (Phi) is 7.06. The number of benzene rings is 3. The van der Waals surface area contributed by atoms with E-state index >= 15 is 0 Å². The molecule has 8 heteroatoms. The van der Waals surface area contributed by atoms with Gasteiger partial charge in [0.1, 0.15) is 18.4 Å². The summed E-state index contributed by atoms with van der Waals surface area (Å²) in [6.45, 7) is 0.329. The van der Waals surface area contributed by atoms with Crippen LogP contribution in [0.4, 0.5) is 4.79 Å². The number of hydrogen-bond donors (Lipinski definition) is 2. The Balaban J connectivity index is 1.22. The Hall–Kier alpha value is -4.85. The van der Waals surface area contributed by atoms with E-state index in [0.717, 1.165) is 29.5 Å². The van der Waals surface area contributed by atoms with Gasteiger partial charge in [0, 0.05) is 23.7 Å². The van der Waals surface area contributed by atoms with Crippen LogP contribution in [0.1, 0.15) is 51.8 Å². The number of hydrogen-bond acceptors (Lipinski definition) is 6. The number of amides is 2. The maximum Gasteiger partial charge on any atom is 0.410 e. The fourth-order valence-corrected chi connectivity index (χ4v) is 5.30. The van der Waals surface area contributed by atoms with Crippen LogP contribution >= 0.6 is 0 Å². The van der Waals surface area contributed by atoms with Crippen LogP contribution in [0.25, 0.3) is 17.4 Å². The number of allylic oxidation sites excluding steroid dienone is 1. The minimum Gasteiger partial charge on any atom is -0.506 e. The standard InChI is InChI=1S/C32H29N3O5/c36-29-25-14-8-7-11-22(25)15-16-26(29)30(37)34-24-17-27(31-33-18-28(40-31)23-12-5-2-6-13-23)35(19-24)32(38)39-20-21-9-3-1-4-10-21/h1-6,8-10,12-16,18,24,27,36H,7,11,17,19-20H2,(H,34,37). The molecular formula is C32H29N3O5. The largest absolute Gasteiger partial charge is 0.506 e. The van der Waals surface area contributed by atoms with Crippen molar-refractivity contribution >= 4 is 18.1 Å². The predicted octanol–water partition coefficient (Wildman–Crippen LogP) is 5.89. The molecule has 3 aromatic carbocycles. The summed E-state index contributed by atoms with van der Waals surface area (Å²) in [6, 6.07) is 21.6. The molecule has 2 atom stereocenters. The number of fused-ring (bicyclic) bond motifs is 1. The van der Waals surface area contributed by atoms with E-state index in [2.05, 4.69) is 10.3 Å².